The Bertz CT molecular complexity index is 559. The molecule has 108 valence electrons. The molecule has 1 atom stereocenters. The van der Waals surface area contributed by atoms with Crippen LogP contribution in [0.15, 0.2) is 21.3 Å². The summed E-state index contributed by atoms with van der Waals surface area (Å²) in [5.74, 6) is 1.48. The van der Waals surface area contributed by atoms with Crippen LogP contribution in [0.25, 0.3) is 11.7 Å². The summed E-state index contributed by atoms with van der Waals surface area (Å²) in [6.45, 7) is 5.88. The summed E-state index contributed by atoms with van der Waals surface area (Å²) < 4.78 is 15.9. The van der Waals surface area contributed by atoms with Gasteiger partial charge >= 0.3 is 0 Å². The normalized spacial score (nSPS) is 18.3. The van der Waals surface area contributed by atoms with E-state index in [9.17, 15) is 0 Å². The molecule has 1 fully saturated rings. The van der Waals surface area contributed by atoms with E-state index < -0.39 is 0 Å². The SMILES string of the molecule is Cc1ccoc1-c1nc(C(N)CN2CCOCC2)no1. The van der Waals surface area contributed by atoms with Crippen LogP contribution in [0.3, 0.4) is 0 Å². The molecule has 2 N–H and O–H groups in total. The van der Waals surface area contributed by atoms with Crippen LogP contribution < -0.4 is 5.73 Å². The lowest BCUT2D eigenvalue weighted by Gasteiger charge is -2.27. The smallest absolute Gasteiger partial charge is 0.293 e. The van der Waals surface area contributed by atoms with Crippen molar-refractivity contribution in [3.05, 3.63) is 23.7 Å². The maximum absolute atomic E-state index is 6.13. The van der Waals surface area contributed by atoms with E-state index in [0.717, 1.165) is 31.9 Å². The van der Waals surface area contributed by atoms with Gasteiger partial charge in [-0.05, 0) is 13.0 Å². The first-order valence-corrected chi connectivity index (χ1v) is 6.68. The number of nitrogens with zero attached hydrogens (tertiary/aromatic N) is 3. The van der Waals surface area contributed by atoms with Gasteiger partial charge in [-0.15, -0.1) is 0 Å². The first-order valence-electron chi connectivity index (χ1n) is 6.68. The van der Waals surface area contributed by atoms with E-state index in [1.54, 1.807) is 6.26 Å². The van der Waals surface area contributed by atoms with Gasteiger partial charge in [0.2, 0.25) is 0 Å². The van der Waals surface area contributed by atoms with E-state index in [0.29, 0.717) is 24.0 Å². The molecule has 0 amide bonds. The van der Waals surface area contributed by atoms with Crippen LogP contribution >= 0.6 is 0 Å². The van der Waals surface area contributed by atoms with Crippen LogP contribution in [0.2, 0.25) is 0 Å². The van der Waals surface area contributed by atoms with E-state index >= 15 is 0 Å². The van der Waals surface area contributed by atoms with Crippen molar-refractivity contribution in [2.45, 2.75) is 13.0 Å². The summed E-state index contributed by atoms with van der Waals surface area (Å²) in [7, 11) is 0. The molecule has 3 rings (SSSR count). The molecule has 0 radical (unpaired) electrons. The second-order valence-corrected chi connectivity index (χ2v) is 4.91. The molecule has 0 aliphatic carbocycles. The number of furan rings is 1. The molecule has 7 nitrogen and oxygen atoms in total. The summed E-state index contributed by atoms with van der Waals surface area (Å²) in [4.78, 5) is 6.56. The molecule has 3 heterocycles. The Morgan fingerprint density at radius 2 is 2.20 bits per heavy atom. The fourth-order valence-corrected chi connectivity index (χ4v) is 2.21. The minimum absolute atomic E-state index is 0.277. The molecular weight excluding hydrogens is 260 g/mol. The summed E-state index contributed by atoms with van der Waals surface area (Å²) in [5, 5.41) is 3.95. The van der Waals surface area contributed by atoms with Crippen molar-refractivity contribution >= 4 is 0 Å². The van der Waals surface area contributed by atoms with Gasteiger partial charge in [-0.3, -0.25) is 4.90 Å². The topological polar surface area (TPSA) is 90.5 Å². The highest BCUT2D eigenvalue weighted by molar-refractivity contribution is 5.49. The molecule has 0 aromatic carbocycles. The Morgan fingerprint density at radius 3 is 2.90 bits per heavy atom. The first kappa shape index (κ1) is 13.3. The minimum Gasteiger partial charge on any atom is -0.459 e. The second-order valence-electron chi connectivity index (χ2n) is 4.91. The third-order valence-corrected chi connectivity index (χ3v) is 3.39. The second kappa shape index (κ2) is 5.74. The van der Waals surface area contributed by atoms with Crippen LogP contribution in [0, 0.1) is 6.92 Å². The fraction of sp³-hybridized carbons (Fsp3) is 0.538. The van der Waals surface area contributed by atoms with Crippen LogP contribution in [0.5, 0.6) is 0 Å². The van der Waals surface area contributed by atoms with Gasteiger partial charge in [-0.2, -0.15) is 4.98 Å². The monoisotopic (exact) mass is 278 g/mol. The van der Waals surface area contributed by atoms with Gasteiger partial charge < -0.3 is 19.4 Å². The van der Waals surface area contributed by atoms with Crippen LogP contribution in [0.4, 0.5) is 0 Å². The van der Waals surface area contributed by atoms with Crippen molar-refractivity contribution in [3.8, 4) is 11.7 Å². The highest BCUT2D eigenvalue weighted by Gasteiger charge is 2.21. The lowest BCUT2D eigenvalue weighted by atomic mass is 10.2. The van der Waals surface area contributed by atoms with Gasteiger partial charge in [-0.25, -0.2) is 0 Å². The molecule has 1 unspecified atom stereocenters. The van der Waals surface area contributed by atoms with Gasteiger partial charge in [-0.1, -0.05) is 5.16 Å². The van der Waals surface area contributed by atoms with Crippen molar-refractivity contribution in [1.82, 2.24) is 15.0 Å². The molecule has 0 bridgehead atoms. The maximum Gasteiger partial charge on any atom is 0.293 e. The molecule has 2 aromatic rings. The third kappa shape index (κ3) is 2.74. The molecule has 0 saturated carbocycles. The zero-order valence-corrected chi connectivity index (χ0v) is 11.4. The van der Waals surface area contributed by atoms with Gasteiger partial charge in [0.05, 0.1) is 25.5 Å². The number of hydrogen-bond donors (Lipinski definition) is 1. The minimum atomic E-state index is -0.277. The van der Waals surface area contributed by atoms with Crippen molar-refractivity contribution < 1.29 is 13.7 Å². The van der Waals surface area contributed by atoms with Gasteiger partial charge in [0.15, 0.2) is 11.6 Å². The van der Waals surface area contributed by atoms with E-state index in [1.165, 1.54) is 0 Å². The molecule has 7 heteroatoms. The number of nitrogens with two attached hydrogens (primary N) is 1. The third-order valence-electron chi connectivity index (χ3n) is 3.39. The van der Waals surface area contributed by atoms with Crippen LogP contribution in [-0.4, -0.2) is 47.9 Å². The van der Waals surface area contributed by atoms with E-state index in [-0.39, 0.29) is 6.04 Å². The predicted octanol–water partition coefficient (Wildman–Crippen LogP) is 0.970. The summed E-state index contributed by atoms with van der Waals surface area (Å²) in [6, 6.07) is 1.58. The lowest BCUT2D eigenvalue weighted by Crippen LogP contribution is -2.40. The largest absolute Gasteiger partial charge is 0.459 e. The Hall–Kier alpha value is -1.70. The van der Waals surface area contributed by atoms with E-state index in [4.69, 9.17) is 19.4 Å². The molecule has 1 aliphatic heterocycles. The Balaban J connectivity index is 1.68. The molecule has 1 saturated heterocycles. The van der Waals surface area contributed by atoms with E-state index in [1.807, 2.05) is 13.0 Å². The zero-order chi connectivity index (χ0) is 13.9. The number of ether oxygens (including phenoxy) is 1. The molecule has 1 aliphatic rings. The maximum atomic E-state index is 6.13. The van der Waals surface area contributed by atoms with Crippen molar-refractivity contribution in [2.75, 3.05) is 32.8 Å². The van der Waals surface area contributed by atoms with Crippen LogP contribution in [0.1, 0.15) is 17.4 Å². The molecule has 0 spiro atoms. The average molecular weight is 278 g/mol. The van der Waals surface area contributed by atoms with Crippen molar-refractivity contribution in [3.63, 3.8) is 0 Å². The quantitative estimate of drug-likeness (QED) is 0.891. The molecular formula is C13H18N4O3. The van der Waals surface area contributed by atoms with Gasteiger partial charge in [0.1, 0.15) is 0 Å². The number of aromatic nitrogens is 2. The van der Waals surface area contributed by atoms with Crippen molar-refractivity contribution in [2.24, 2.45) is 5.73 Å². The van der Waals surface area contributed by atoms with Gasteiger partial charge in [0.25, 0.3) is 5.89 Å². The number of aryl methyl sites for hydroxylation is 1. The molecule has 2 aromatic heterocycles. The summed E-state index contributed by atoms with van der Waals surface area (Å²) in [6.07, 6.45) is 1.60. The average Bonchev–Trinajstić information content (AvgIpc) is 3.08. The Kier molecular flexibility index (Phi) is 3.81. The number of morpholine rings is 1. The highest BCUT2D eigenvalue weighted by atomic mass is 16.5. The fourth-order valence-electron chi connectivity index (χ4n) is 2.21. The number of rotatable bonds is 4. The van der Waals surface area contributed by atoms with Gasteiger partial charge in [0, 0.05) is 25.2 Å². The van der Waals surface area contributed by atoms with E-state index in [2.05, 4.69) is 15.0 Å². The first-order chi connectivity index (χ1) is 9.74. The zero-order valence-electron chi connectivity index (χ0n) is 11.4. The molecule has 20 heavy (non-hydrogen) atoms. The standard InChI is InChI=1S/C13H18N4O3/c1-9-2-5-19-11(9)13-15-12(16-20-13)10(14)8-17-3-6-18-7-4-17/h2,5,10H,3-4,6-8,14H2,1H3. The highest BCUT2D eigenvalue weighted by Crippen LogP contribution is 2.23. The Morgan fingerprint density at radius 1 is 1.40 bits per heavy atom. The summed E-state index contributed by atoms with van der Waals surface area (Å²) in [5.41, 5.74) is 7.09. The van der Waals surface area contributed by atoms with Crippen LogP contribution in [-0.2, 0) is 4.74 Å². The van der Waals surface area contributed by atoms with Crippen molar-refractivity contribution in [1.29, 1.82) is 0 Å². The lowest BCUT2D eigenvalue weighted by molar-refractivity contribution is 0.0348. The summed E-state index contributed by atoms with van der Waals surface area (Å²) >= 11 is 0. The Labute approximate surface area is 116 Å². The number of hydrogen-bond acceptors (Lipinski definition) is 7. The predicted molar refractivity (Wildman–Crippen MR) is 70.9 cm³/mol.